The minimum Gasteiger partial charge on any atom is -0.490 e. The molecular weight excluding hydrogens is 502 g/mol. The first kappa shape index (κ1) is 31.8. The first-order chi connectivity index (χ1) is 18.2. The van der Waals surface area contributed by atoms with Crippen molar-refractivity contribution in [3.8, 4) is 5.75 Å². The number of nitrogens with two attached hydrogens (primary N) is 1. The SMILES string of the molecule is CC(=O)CN=C1CCCC/C1=C(/N)C(=O)N1CCC(O)CC1.CCCCC(CCC)Oc1cccc(Cl)c1. The number of hydrogen-bond acceptors (Lipinski definition) is 6. The van der Waals surface area contributed by atoms with Gasteiger partial charge in [-0.05, 0) is 76.5 Å². The fourth-order valence-electron chi connectivity index (χ4n) is 4.68. The summed E-state index contributed by atoms with van der Waals surface area (Å²) in [7, 11) is 0. The van der Waals surface area contributed by atoms with E-state index in [1.54, 1.807) is 4.90 Å². The standard InChI is InChI=1S/C16H25N3O3.C14H21ClO/c1-11(20)10-18-14-5-3-2-4-13(14)15(17)16(22)19-8-6-12(21)7-9-19;1-3-5-9-13(7-4-2)16-14-10-6-8-12(15)11-14/h12,21H,2-10,17H2,1H3;6,8,10-11,13H,3-5,7,9H2,1-2H3/b15-13-,18-14?;. The Morgan fingerprint density at radius 1 is 1.16 bits per heavy atom. The van der Waals surface area contributed by atoms with Crippen molar-refractivity contribution in [3.63, 3.8) is 0 Å². The molecule has 8 heteroatoms. The van der Waals surface area contributed by atoms with E-state index >= 15 is 0 Å². The monoisotopic (exact) mass is 547 g/mol. The number of ketones is 1. The summed E-state index contributed by atoms with van der Waals surface area (Å²) < 4.78 is 5.95. The van der Waals surface area contributed by atoms with Crippen molar-refractivity contribution in [1.82, 2.24) is 4.90 Å². The van der Waals surface area contributed by atoms with Crippen LogP contribution in [0.15, 0.2) is 40.5 Å². The number of aliphatic imine (C=N–C) groups is 1. The van der Waals surface area contributed by atoms with Gasteiger partial charge in [0.2, 0.25) is 0 Å². The molecule has 1 aromatic rings. The molecule has 0 aromatic heterocycles. The highest BCUT2D eigenvalue weighted by Crippen LogP contribution is 2.24. The Kier molecular flexibility index (Phi) is 14.5. The van der Waals surface area contributed by atoms with E-state index in [-0.39, 0.29) is 30.0 Å². The van der Waals surface area contributed by atoms with Gasteiger partial charge in [0.1, 0.15) is 11.4 Å². The van der Waals surface area contributed by atoms with E-state index in [0.717, 1.165) is 67.0 Å². The predicted octanol–water partition coefficient (Wildman–Crippen LogP) is 5.86. The van der Waals surface area contributed by atoms with Gasteiger partial charge in [0.15, 0.2) is 5.78 Å². The molecule has 0 bridgehead atoms. The molecule has 1 amide bonds. The third-order valence-corrected chi connectivity index (χ3v) is 7.06. The molecule has 1 aromatic carbocycles. The number of likely N-dealkylation sites (tertiary alicyclic amines) is 1. The van der Waals surface area contributed by atoms with Crippen LogP contribution in [0.5, 0.6) is 5.75 Å². The van der Waals surface area contributed by atoms with Crippen molar-refractivity contribution in [3.05, 3.63) is 40.6 Å². The lowest BCUT2D eigenvalue weighted by molar-refractivity contribution is -0.129. The lowest BCUT2D eigenvalue weighted by atomic mass is 9.90. The average molecular weight is 548 g/mol. The number of unbranched alkanes of at least 4 members (excludes halogenated alkanes) is 1. The Morgan fingerprint density at radius 3 is 2.50 bits per heavy atom. The van der Waals surface area contributed by atoms with Crippen LogP contribution in [-0.4, -0.2) is 59.3 Å². The third kappa shape index (κ3) is 11.2. The molecule has 3 rings (SSSR count). The molecule has 0 radical (unpaired) electrons. The van der Waals surface area contributed by atoms with Gasteiger partial charge < -0.3 is 20.5 Å². The molecule has 3 N–H and O–H groups in total. The van der Waals surface area contributed by atoms with Crippen molar-refractivity contribution < 1.29 is 19.4 Å². The second-order valence-corrected chi connectivity index (χ2v) is 10.7. The normalized spacial score (nSPS) is 19.4. The lowest BCUT2D eigenvalue weighted by Gasteiger charge is -2.30. The van der Waals surface area contributed by atoms with Gasteiger partial charge in [0.25, 0.3) is 5.91 Å². The zero-order chi connectivity index (χ0) is 27.9. The number of carbonyl (C=O) groups is 2. The van der Waals surface area contributed by atoms with Crippen LogP contribution in [0.25, 0.3) is 0 Å². The van der Waals surface area contributed by atoms with Crippen LogP contribution in [0.4, 0.5) is 0 Å². The minimum atomic E-state index is -0.319. The summed E-state index contributed by atoms with van der Waals surface area (Å²) in [6.07, 6.45) is 10.6. The van der Waals surface area contributed by atoms with Gasteiger partial charge in [-0.3, -0.25) is 14.6 Å². The fraction of sp³-hybridized carbons (Fsp3) is 0.633. The van der Waals surface area contributed by atoms with E-state index in [9.17, 15) is 14.7 Å². The van der Waals surface area contributed by atoms with Crippen molar-refractivity contribution >= 4 is 29.0 Å². The number of Topliss-reactive ketones (excluding diaryl/α,β-unsaturated/α-hetero) is 1. The molecule has 1 aliphatic heterocycles. The Hall–Kier alpha value is -2.38. The number of benzene rings is 1. The number of aliphatic hydroxyl groups is 1. The Morgan fingerprint density at radius 2 is 1.87 bits per heavy atom. The minimum absolute atomic E-state index is 0.00680. The Bertz CT molecular complexity index is 955. The zero-order valence-electron chi connectivity index (χ0n) is 23.4. The molecular formula is C30H46ClN3O4. The third-order valence-electron chi connectivity index (χ3n) is 6.83. The molecule has 1 unspecified atom stereocenters. The molecule has 1 saturated heterocycles. The maximum Gasteiger partial charge on any atom is 0.270 e. The van der Waals surface area contributed by atoms with Crippen molar-refractivity contribution in [2.45, 2.75) is 104 Å². The summed E-state index contributed by atoms with van der Waals surface area (Å²) in [5.41, 5.74) is 8.00. The van der Waals surface area contributed by atoms with Gasteiger partial charge in [-0.15, -0.1) is 0 Å². The number of carbonyl (C=O) groups excluding carboxylic acids is 2. The van der Waals surface area contributed by atoms with E-state index in [4.69, 9.17) is 22.1 Å². The van der Waals surface area contributed by atoms with Crippen molar-refractivity contribution in [2.24, 2.45) is 10.7 Å². The highest BCUT2D eigenvalue weighted by Gasteiger charge is 2.26. The molecule has 0 spiro atoms. The lowest BCUT2D eigenvalue weighted by Crippen LogP contribution is -2.42. The zero-order valence-corrected chi connectivity index (χ0v) is 24.1. The summed E-state index contributed by atoms with van der Waals surface area (Å²) >= 11 is 5.93. The van der Waals surface area contributed by atoms with Gasteiger partial charge in [-0.2, -0.15) is 0 Å². The van der Waals surface area contributed by atoms with Crippen LogP contribution in [-0.2, 0) is 9.59 Å². The van der Waals surface area contributed by atoms with Gasteiger partial charge >= 0.3 is 0 Å². The van der Waals surface area contributed by atoms with Crippen LogP contribution >= 0.6 is 11.6 Å². The van der Waals surface area contributed by atoms with Crippen LogP contribution in [0.3, 0.4) is 0 Å². The number of nitrogens with zero attached hydrogens (tertiary/aromatic N) is 2. The highest BCUT2D eigenvalue weighted by molar-refractivity contribution is 6.30. The second-order valence-electron chi connectivity index (χ2n) is 10.2. The average Bonchev–Trinajstić information content (AvgIpc) is 2.91. The van der Waals surface area contributed by atoms with Gasteiger partial charge in [-0.25, -0.2) is 0 Å². The van der Waals surface area contributed by atoms with Gasteiger partial charge in [0, 0.05) is 29.4 Å². The topological polar surface area (TPSA) is 105 Å². The van der Waals surface area contributed by atoms with Crippen LogP contribution in [0.2, 0.25) is 5.02 Å². The van der Waals surface area contributed by atoms with Gasteiger partial charge in [0.05, 0.1) is 18.8 Å². The summed E-state index contributed by atoms with van der Waals surface area (Å²) in [6, 6.07) is 7.66. The molecule has 1 aliphatic carbocycles. The molecule has 2 fully saturated rings. The number of amides is 1. The van der Waals surface area contributed by atoms with E-state index in [1.807, 2.05) is 24.3 Å². The quantitative estimate of drug-likeness (QED) is 0.357. The van der Waals surface area contributed by atoms with Crippen LogP contribution in [0.1, 0.15) is 91.4 Å². The molecule has 1 saturated carbocycles. The number of allylic oxidation sites excluding steroid dienone is 1. The molecule has 38 heavy (non-hydrogen) atoms. The van der Waals surface area contributed by atoms with Crippen molar-refractivity contribution in [2.75, 3.05) is 19.6 Å². The van der Waals surface area contributed by atoms with E-state index in [0.29, 0.717) is 32.0 Å². The number of piperidine rings is 1. The summed E-state index contributed by atoms with van der Waals surface area (Å²) in [6.45, 7) is 7.13. The highest BCUT2D eigenvalue weighted by atomic mass is 35.5. The Labute approximate surface area is 233 Å². The first-order valence-electron chi connectivity index (χ1n) is 14.2. The summed E-state index contributed by atoms with van der Waals surface area (Å²) in [5.74, 6) is 0.730. The van der Waals surface area contributed by atoms with Gasteiger partial charge in [-0.1, -0.05) is 50.8 Å². The number of halogens is 1. The van der Waals surface area contributed by atoms with Crippen LogP contribution in [0, 0.1) is 0 Å². The smallest absolute Gasteiger partial charge is 0.270 e. The maximum atomic E-state index is 12.5. The van der Waals surface area contributed by atoms with E-state index in [1.165, 1.54) is 19.8 Å². The van der Waals surface area contributed by atoms with E-state index in [2.05, 4.69) is 18.8 Å². The summed E-state index contributed by atoms with van der Waals surface area (Å²) in [4.78, 5) is 29.7. The maximum absolute atomic E-state index is 12.5. The second kappa shape index (κ2) is 17.3. The number of hydrogen-bond donors (Lipinski definition) is 2. The molecule has 2 aliphatic rings. The largest absolute Gasteiger partial charge is 0.490 e. The predicted molar refractivity (Wildman–Crippen MR) is 155 cm³/mol. The number of aliphatic hydroxyl groups excluding tert-OH is 1. The number of ether oxygens (including phenoxy) is 1. The van der Waals surface area contributed by atoms with Crippen molar-refractivity contribution in [1.29, 1.82) is 0 Å². The summed E-state index contributed by atoms with van der Waals surface area (Å²) in [5, 5.41) is 10.3. The fourth-order valence-corrected chi connectivity index (χ4v) is 4.86. The van der Waals surface area contributed by atoms with E-state index < -0.39 is 0 Å². The number of rotatable bonds is 10. The molecule has 7 nitrogen and oxygen atoms in total. The molecule has 212 valence electrons. The molecule has 1 heterocycles. The Balaban J connectivity index is 0.000000281. The molecule has 1 atom stereocenters. The van der Waals surface area contributed by atoms with Crippen LogP contribution < -0.4 is 10.5 Å². The first-order valence-corrected chi connectivity index (χ1v) is 14.5.